The lowest BCUT2D eigenvalue weighted by Crippen LogP contribution is -2.20. The Hall–Kier alpha value is -2.42. The van der Waals surface area contributed by atoms with E-state index in [0.29, 0.717) is 12.3 Å². The SMILES string of the molecule is O=C(Cc1cccc2ccccc12)N/N=C/C1CC=CCC1. The van der Waals surface area contributed by atoms with E-state index >= 15 is 0 Å². The largest absolute Gasteiger partial charge is 0.273 e. The normalized spacial score (nSPS) is 17.9. The molecule has 1 atom stereocenters. The summed E-state index contributed by atoms with van der Waals surface area (Å²) >= 11 is 0. The van der Waals surface area contributed by atoms with Crippen molar-refractivity contribution in [2.75, 3.05) is 0 Å². The Morgan fingerprint density at radius 1 is 1.18 bits per heavy atom. The van der Waals surface area contributed by atoms with Gasteiger partial charge in [-0.05, 0) is 41.5 Å². The van der Waals surface area contributed by atoms with Gasteiger partial charge < -0.3 is 0 Å². The number of nitrogens with zero attached hydrogens (tertiary/aromatic N) is 1. The predicted molar refractivity (Wildman–Crippen MR) is 90.8 cm³/mol. The number of carbonyl (C=O) groups is 1. The van der Waals surface area contributed by atoms with Gasteiger partial charge in [0, 0.05) is 6.21 Å². The molecule has 0 saturated carbocycles. The molecule has 0 aromatic heterocycles. The van der Waals surface area contributed by atoms with E-state index in [1.54, 1.807) is 0 Å². The third-order valence-electron chi connectivity index (χ3n) is 4.02. The third kappa shape index (κ3) is 3.61. The van der Waals surface area contributed by atoms with Gasteiger partial charge >= 0.3 is 0 Å². The van der Waals surface area contributed by atoms with Crippen LogP contribution in [0.25, 0.3) is 10.8 Å². The second-order valence-electron chi connectivity index (χ2n) is 5.67. The van der Waals surface area contributed by atoms with Gasteiger partial charge in [0.2, 0.25) is 5.91 Å². The zero-order valence-corrected chi connectivity index (χ0v) is 12.5. The van der Waals surface area contributed by atoms with Gasteiger partial charge in [0.15, 0.2) is 0 Å². The van der Waals surface area contributed by atoms with Crippen LogP contribution in [-0.2, 0) is 11.2 Å². The zero-order chi connectivity index (χ0) is 15.2. The first-order valence-corrected chi connectivity index (χ1v) is 7.76. The maximum Gasteiger partial charge on any atom is 0.244 e. The van der Waals surface area contributed by atoms with Gasteiger partial charge in [-0.15, -0.1) is 0 Å². The molecule has 112 valence electrons. The lowest BCUT2D eigenvalue weighted by molar-refractivity contribution is -0.120. The molecule has 1 unspecified atom stereocenters. The molecule has 22 heavy (non-hydrogen) atoms. The summed E-state index contributed by atoms with van der Waals surface area (Å²) in [6.07, 6.45) is 9.82. The number of nitrogens with one attached hydrogen (secondary N) is 1. The summed E-state index contributed by atoms with van der Waals surface area (Å²) < 4.78 is 0. The molecule has 1 amide bonds. The Morgan fingerprint density at radius 3 is 2.91 bits per heavy atom. The van der Waals surface area contributed by atoms with E-state index in [0.717, 1.165) is 35.6 Å². The van der Waals surface area contributed by atoms with Gasteiger partial charge in [0.1, 0.15) is 0 Å². The number of benzene rings is 2. The molecule has 3 rings (SSSR count). The molecule has 1 aliphatic carbocycles. The number of hydrogen-bond acceptors (Lipinski definition) is 2. The predicted octanol–water partition coefficient (Wildman–Crippen LogP) is 3.84. The molecule has 2 aromatic carbocycles. The molecule has 0 saturated heterocycles. The van der Waals surface area contributed by atoms with Gasteiger partial charge in [-0.1, -0.05) is 54.6 Å². The highest BCUT2D eigenvalue weighted by Crippen LogP contribution is 2.19. The molecular weight excluding hydrogens is 272 g/mol. The summed E-state index contributed by atoms with van der Waals surface area (Å²) in [5.74, 6) is 0.377. The Morgan fingerprint density at radius 2 is 2.05 bits per heavy atom. The molecule has 0 heterocycles. The van der Waals surface area contributed by atoms with Crippen LogP contribution in [0.2, 0.25) is 0 Å². The van der Waals surface area contributed by atoms with E-state index in [1.807, 2.05) is 30.5 Å². The summed E-state index contributed by atoms with van der Waals surface area (Å²) in [6, 6.07) is 14.2. The van der Waals surface area contributed by atoms with Crippen LogP contribution in [0.5, 0.6) is 0 Å². The van der Waals surface area contributed by atoms with Crippen molar-refractivity contribution in [3.63, 3.8) is 0 Å². The van der Waals surface area contributed by atoms with Crippen LogP contribution in [0.15, 0.2) is 59.7 Å². The molecule has 3 nitrogen and oxygen atoms in total. The van der Waals surface area contributed by atoms with Crippen LogP contribution in [0.3, 0.4) is 0 Å². The van der Waals surface area contributed by atoms with E-state index in [-0.39, 0.29) is 5.91 Å². The number of fused-ring (bicyclic) bond motifs is 1. The highest BCUT2D eigenvalue weighted by atomic mass is 16.2. The summed E-state index contributed by atoms with van der Waals surface area (Å²) in [6.45, 7) is 0. The monoisotopic (exact) mass is 292 g/mol. The number of allylic oxidation sites excluding steroid dienone is 2. The van der Waals surface area contributed by atoms with Crippen LogP contribution in [-0.4, -0.2) is 12.1 Å². The molecule has 0 spiro atoms. The lowest BCUT2D eigenvalue weighted by Gasteiger charge is -2.11. The smallest absolute Gasteiger partial charge is 0.244 e. The molecule has 0 radical (unpaired) electrons. The maximum absolute atomic E-state index is 12.1. The average molecular weight is 292 g/mol. The quantitative estimate of drug-likeness (QED) is 0.519. The van der Waals surface area contributed by atoms with Crippen LogP contribution in [0.1, 0.15) is 24.8 Å². The second kappa shape index (κ2) is 7.03. The molecule has 1 N–H and O–H groups in total. The van der Waals surface area contributed by atoms with Crippen molar-refractivity contribution in [1.82, 2.24) is 5.43 Å². The first-order chi connectivity index (χ1) is 10.8. The highest BCUT2D eigenvalue weighted by molar-refractivity contribution is 5.90. The minimum absolute atomic E-state index is 0.0704. The van der Waals surface area contributed by atoms with E-state index in [9.17, 15) is 4.79 Å². The Labute approximate surface area is 130 Å². The summed E-state index contributed by atoms with van der Waals surface area (Å²) in [7, 11) is 0. The molecule has 0 fully saturated rings. The topological polar surface area (TPSA) is 41.5 Å². The van der Waals surface area contributed by atoms with Crippen LogP contribution in [0, 0.1) is 5.92 Å². The minimum Gasteiger partial charge on any atom is -0.273 e. The highest BCUT2D eigenvalue weighted by Gasteiger charge is 2.08. The van der Waals surface area contributed by atoms with E-state index in [4.69, 9.17) is 0 Å². The van der Waals surface area contributed by atoms with Crippen LogP contribution >= 0.6 is 0 Å². The Kier molecular flexibility index (Phi) is 4.64. The number of amides is 1. The van der Waals surface area contributed by atoms with Gasteiger partial charge in [0.05, 0.1) is 6.42 Å². The molecular formula is C19H20N2O. The number of hydrazone groups is 1. The molecule has 3 heteroatoms. The van der Waals surface area contributed by atoms with Gasteiger partial charge in [0.25, 0.3) is 0 Å². The van der Waals surface area contributed by atoms with Crippen molar-refractivity contribution in [1.29, 1.82) is 0 Å². The lowest BCUT2D eigenvalue weighted by atomic mass is 9.96. The van der Waals surface area contributed by atoms with Crippen molar-refractivity contribution < 1.29 is 4.79 Å². The first-order valence-electron chi connectivity index (χ1n) is 7.76. The van der Waals surface area contributed by atoms with E-state index in [2.05, 4.69) is 40.9 Å². The van der Waals surface area contributed by atoms with Crippen molar-refractivity contribution in [3.8, 4) is 0 Å². The fourth-order valence-corrected chi connectivity index (χ4v) is 2.83. The molecule has 1 aliphatic rings. The van der Waals surface area contributed by atoms with Gasteiger partial charge in [-0.3, -0.25) is 4.79 Å². The van der Waals surface area contributed by atoms with Crippen LogP contribution in [0.4, 0.5) is 0 Å². The Balaban J connectivity index is 1.61. The third-order valence-corrected chi connectivity index (χ3v) is 4.02. The van der Waals surface area contributed by atoms with Crippen LogP contribution < -0.4 is 5.43 Å². The Bertz CT molecular complexity index is 713. The number of hydrogen-bond donors (Lipinski definition) is 1. The van der Waals surface area contributed by atoms with Crippen molar-refractivity contribution in [2.24, 2.45) is 11.0 Å². The first kappa shape index (κ1) is 14.5. The maximum atomic E-state index is 12.1. The molecule has 0 bridgehead atoms. The minimum atomic E-state index is -0.0704. The zero-order valence-electron chi connectivity index (χ0n) is 12.5. The summed E-state index contributed by atoms with van der Waals surface area (Å²) in [5.41, 5.74) is 3.68. The summed E-state index contributed by atoms with van der Waals surface area (Å²) in [4.78, 5) is 12.1. The standard InChI is InChI=1S/C19H20N2O/c22-19(21-20-14-15-7-2-1-3-8-15)13-17-11-6-10-16-9-4-5-12-18(16)17/h1-2,4-6,9-12,14-15H,3,7-8,13H2,(H,21,22)/b20-14+. The summed E-state index contributed by atoms with van der Waals surface area (Å²) in [5, 5.41) is 6.40. The van der Waals surface area contributed by atoms with Gasteiger partial charge in [-0.2, -0.15) is 5.10 Å². The fourth-order valence-electron chi connectivity index (χ4n) is 2.83. The van der Waals surface area contributed by atoms with E-state index in [1.165, 1.54) is 0 Å². The van der Waals surface area contributed by atoms with Crippen molar-refractivity contribution in [2.45, 2.75) is 25.7 Å². The van der Waals surface area contributed by atoms with Crippen molar-refractivity contribution >= 4 is 22.9 Å². The number of rotatable bonds is 4. The fraction of sp³-hybridized carbons (Fsp3) is 0.263. The molecule has 0 aliphatic heterocycles. The number of carbonyl (C=O) groups excluding carboxylic acids is 1. The average Bonchev–Trinajstić information content (AvgIpc) is 2.56. The van der Waals surface area contributed by atoms with Gasteiger partial charge in [-0.25, -0.2) is 5.43 Å². The second-order valence-corrected chi connectivity index (χ2v) is 5.67. The van der Waals surface area contributed by atoms with E-state index < -0.39 is 0 Å². The molecule has 2 aromatic rings. The van der Waals surface area contributed by atoms with Crippen molar-refractivity contribution in [3.05, 3.63) is 60.2 Å².